The van der Waals surface area contributed by atoms with E-state index < -0.39 is 0 Å². The van der Waals surface area contributed by atoms with Gasteiger partial charge in [0.2, 0.25) is 5.75 Å². The molecular formula is C26H44O5. The van der Waals surface area contributed by atoms with Crippen LogP contribution in [-0.4, -0.2) is 24.3 Å². The van der Waals surface area contributed by atoms with Crippen LogP contribution in [0.15, 0.2) is 12.1 Å². The molecule has 0 bridgehead atoms. The number of hydrogen-bond acceptors (Lipinski definition) is 5. The van der Waals surface area contributed by atoms with Crippen LogP contribution in [0.1, 0.15) is 106 Å². The molecule has 0 aliphatic carbocycles. The van der Waals surface area contributed by atoms with Gasteiger partial charge in [-0.1, -0.05) is 59.3 Å². The van der Waals surface area contributed by atoms with Crippen LogP contribution in [0.4, 0.5) is 0 Å². The molecule has 5 heteroatoms. The molecule has 3 atom stereocenters. The third-order valence-corrected chi connectivity index (χ3v) is 5.12. The van der Waals surface area contributed by atoms with Gasteiger partial charge in [-0.25, -0.2) is 0 Å². The van der Waals surface area contributed by atoms with Crippen molar-refractivity contribution in [2.75, 3.05) is 0 Å². The van der Waals surface area contributed by atoms with Crippen LogP contribution in [0, 0.1) is 0 Å². The van der Waals surface area contributed by atoms with E-state index in [2.05, 4.69) is 41.5 Å². The summed E-state index contributed by atoms with van der Waals surface area (Å²) in [7, 11) is 0. The Kier molecular flexibility index (Phi) is 13.1. The van der Waals surface area contributed by atoms with E-state index in [1.165, 1.54) is 6.92 Å². The highest BCUT2D eigenvalue weighted by Crippen LogP contribution is 2.43. The van der Waals surface area contributed by atoms with Crippen LogP contribution in [0.2, 0.25) is 0 Å². The Balaban J connectivity index is 3.30. The summed E-state index contributed by atoms with van der Waals surface area (Å²) in [5.41, 5.74) is 0. The molecule has 0 amide bonds. The highest BCUT2D eigenvalue weighted by atomic mass is 16.6. The maximum atomic E-state index is 11.6. The van der Waals surface area contributed by atoms with Crippen molar-refractivity contribution in [1.29, 1.82) is 0 Å². The minimum Gasteiger partial charge on any atom is -0.487 e. The van der Waals surface area contributed by atoms with Crippen molar-refractivity contribution in [3.8, 4) is 23.0 Å². The first kappa shape index (κ1) is 27.1. The molecule has 0 N–H and O–H groups in total. The van der Waals surface area contributed by atoms with Gasteiger partial charge < -0.3 is 18.9 Å². The van der Waals surface area contributed by atoms with Gasteiger partial charge in [-0.05, 0) is 40.0 Å². The van der Waals surface area contributed by atoms with Gasteiger partial charge in [0, 0.05) is 19.1 Å². The smallest absolute Gasteiger partial charge is 0.308 e. The zero-order valence-corrected chi connectivity index (χ0v) is 20.8. The van der Waals surface area contributed by atoms with Crippen molar-refractivity contribution in [3.05, 3.63) is 12.1 Å². The predicted molar refractivity (Wildman–Crippen MR) is 127 cm³/mol. The molecule has 0 spiro atoms. The molecule has 178 valence electrons. The van der Waals surface area contributed by atoms with Crippen molar-refractivity contribution in [3.63, 3.8) is 0 Å². The quantitative estimate of drug-likeness (QED) is 0.198. The summed E-state index contributed by atoms with van der Waals surface area (Å²) in [6.45, 7) is 14.1. The second-order valence-corrected chi connectivity index (χ2v) is 8.55. The van der Waals surface area contributed by atoms with Crippen molar-refractivity contribution in [2.45, 2.75) is 125 Å². The molecule has 0 fully saturated rings. The first-order valence-electron chi connectivity index (χ1n) is 12.2. The maximum Gasteiger partial charge on any atom is 0.308 e. The van der Waals surface area contributed by atoms with Crippen LogP contribution in [0.3, 0.4) is 0 Å². The fourth-order valence-electron chi connectivity index (χ4n) is 3.35. The Morgan fingerprint density at radius 3 is 1.48 bits per heavy atom. The van der Waals surface area contributed by atoms with E-state index in [1.54, 1.807) is 12.1 Å². The molecule has 5 nitrogen and oxygen atoms in total. The summed E-state index contributed by atoms with van der Waals surface area (Å²) >= 11 is 0. The number of unbranched alkanes of at least 4 members (excludes halogenated alkanes) is 3. The molecule has 31 heavy (non-hydrogen) atoms. The highest BCUT2D eigenvalue weighted by Gasteiger charge is 2.22. The fourth-order valence-corrected chi connectivity index (χ4v) is 3.35. The summed E-state index contributed by atoms with van der Waals surface area (Å²) in [6.07, 6.45) is 9.54. The largest absolute Gasteiger partial charge is 0.487 e. The second-order valence-electron chi connectivity index (χ2n) is 8.55. The van der Waals surface area contributed by atoms with Gasteiger partial charge in [-0.3, -0.25) is 4.79 Å². The molecule has 3 unspecified atom stereocenters. The summed E-state index contributed by atoms with van der Waals surface area (Å²) in [5, 5.41) is 0. The fraction of sp³-hybridized carbons (Fsp3) is 0.731. The average Bonchev–Trinajstić information content (AvgIpc) is 2.71. The molecule has 0 aromatic heterocycles. The molecule has 1 aromatic rings. The summed E-state index contributed by atoms with van der Waals surface area (Å²) in [6, 6.07) is 3.49. The molecule has 1 rings (SSSR count). The van der Waals surface area contributed by atoms with E-state index in [0.29, 0.717) is 23.0 Å². The van der Waals surface area contributed by atoms with E-state index in [4.69, 9.17) is 18.9 Å². The van der Waals surface area contributed by atoms with Crippen LogP contribution < -0.4 is 18.9 Å². The number of hydrogen-bond donors (Lipinski definition) is 0. The lowest BCUT2D eigenvalue weighted by Gasteiger charge is -2.25. The number of carbonyl (C=O) groups excluding carboxylic acids is 1. The number of esters is 1. The lowest BCUT2D eigenvalue weighted by Crippen LogP contribution is -2.18. The maximum absolute atomic E-state index is 11.6. The second kappa shape index (κ2) is 15.0. The lowest BCUT2D eigenvalue weighted by atomic mass is 10.1. The summed E-state index contributed by atoms with van der Waals surface area (Å²) in [5.74, 6) is 1.79. The van der Waals surface area contributed by atoms with Crippen molar-refractivity contribution in [2.24, 2.45) is 0 Å². The normalized spacial score (nSPS) is 13.9. The molecule has 0 aliphatic heterocycles. The Morgan fingerprint density at radius 1 is 0.742 bits per heavy atom. The minimum absolute atomic E-state index is 0.0196. The Morgan fingerprint density at radius 2 is 1.13 bits per heavy atom. The number of ether oxygens (including phenoxy) is 4. The van der Waals surface area contributed by atoms with Crippen LogP contribution in [-0.2, 0) is 4.79 Å². The number of carbonyl (C=O) groups is 1. The predicted octanol–water partition coefficient (Wildman–Crippen LogP) is 7.48. The topological polar surface area (TPSA) is 54.0 Å². The Hall–Kier alpha value is -1.91. The zero-order valence-electron chi connectivity index (χ0n) is 20.8. The van der Waals surface area contributed by atoms with Gasteiger partial charge in [0.25, 0.3) is 0 Å². The third kappa shape index (κ3) is 10.8. The summed E-state index contributed by atoms with van der Waals surface area (Å²) < 4.78 is 24.3. The van der Waals surface area contributed by atoms with Gasteiger partial charge in [-0.2, -0.15) is 0 Å². The first-order valence-corrected chi connectivity index (χ1v) is 12.2. The van der Waals surface area contributed by atoms with E-state index >= 15 is 0 Å². The van der Waals surface area contributed by atoms with E-state index in [9.17, 15) is 4.79 Å². The van der Waals surface area contributed by atoms with Gasteiger partial charge in [0.05, 0.1) is 18.3 Å². The number of rotatable bonds is 16. The average molecular weight is 437 g/mol. The molecular weight excluding hydrogens is 392 g/mol. The van der Waals surface area contributed by atoms with Crippen molar-refractivity contribution >= 4 is 5.97 Å². The van der Waals surface area contributed by atoms with E-state index in [1.807, 2.05) is 0 Å². The Labute approximate surface area is 189 Å². The number of benzene rings is 1. The Bertz CT molecular complexity index is 606. The van der Waals surface area contributed by atoms with Gasteiger partial charge in [0.1, 0.15) is 5.75 Å². The SMILES string of the molecule is CCCCC(C)Oc1cc(OC(C)=O)cc(OC(C)CCCC)c1OC(C)CCCC. The van der Waals surface area contributed by atoms with E-state index in [0.717, 1.165) is 57.8 Å². The van der Waals surface area contributed by atoms with E-state index in [-0.39, 0.29) is 24.3 Å². The highest BCUT2D eigenvalue weighted by molar-refractivity contribution is 5.70. The standard InChI is InChI=1S/C26H44O5/c1-8-11-14-19(4)28-24-17-23(31-22(7)27)18-25(29-20(5)15-12-9-2)26(24)30-21(6)16-13-10-3/h17-21H,8-16H2,1-7H3. The molecule has 0 radical (unpaired) electrons. The molecule has 0 aliphatic rings. The van der Waals surface area contributed by atoms with Crippen LogP contribution in [0.25, 0.3) is 0 Å². The van der Waals surface area contributed by atoms with Gasteiger partial charge in [-0.15, -0.1) is 0 Å². The molecule has 1 aromatic carbocycles. The van der Waals surface area contributed by atoms with Crippen molar-refractivity contribution < 1.29 is 23.7 Å². The van der Waals surface area contributed by atoms with Crippen molar-refractivity contribution in [1.82, 2.24) is 0 Å². The minimum atomic E-state index is -0.375. The zero-order chi connectivity index (χ0) is 23.2. The van der Waals surface area contributed by atoms with Gasteiger partial charge in [0.15, 0.2) is 11.5 Å². The lowest BCUT2D eigenvalue weighted by molar-refractivity contribution is -0.131. The third-order valence-electron chi connectivity index (χ3n) is 5.12. The molecule has 0 saturated heterocycles. The molecule has 0 saturated carbocycles. The van der Waals surface area contributed by atoms with Crippen LogP contribution in [0.5, 0.6) is 23.0 Å². The van der Waals surface area contributed by atoms with Crippen LogP contribution >= 0.6 is 0 Å². The monoisotopic (exact) mass is 436 g/mol. The molecule has 0 heterocycles. The van der Waals surface area contributed by atoms with Gasteiger partial charge >= 0.3 is 5.97 Å². The first-order chi connectivity index (χ1) is 14.8. The summed E-state index contributed by atoms with van der Waals surface area (Å²) in [4.78, 5) is 11.6.